The van der Waals surface area contributed by atoms with Crippen molar-refractivity contribution in [2.45, 2.75) is 51.3 Å². The molecule has 1 N–H and O–H groups in total. The zero-order chi connectivity index (χ0) is 17.8. The highest BCUT2D eigenvalue weighted by Gasteiger charge is 2.42. The van der Waals surface area contributed by atoms with Crippen molar-refractivity contribution in [2.24, 2.45) is 0 Å². The molecule has 0 spiro atoms. The van der Waals surface area contributed by atoms with Gasteiger partial charge in [-0.25, -0.2) is 0 Å². The first-order chi connectivity index (χ1) is 11.3. The number of rotatable bonds is 6. The second kappa shape index (κ2) is 7.42. The highest BCUT2D eigenvalue weighted by molar-refractivity contribution is 5.97. The topological polar surface area (TPSA) is 47.6 Å². The first kappa shape index (κ1) is 18.6. The number of ether oxygens (including phenoxy) is 2. The Bertz CT molecular complexity index is 581. The number of carbonyl (C=O) groups is 1. The Morgan fingerprint density at radius 1 is 1.21 bits per heavy atom. The van der Waals surface area contributed by atoms with E-state index in [9.17, 15) is 18.0 Å². The lowest BCUT2D eigenvalue weighted by atomic mass is 10.0. The summed E-state index contributed by atoms with van der Waals surface area (Å²) in [6.07, 6.45) is -1.67. The molecule has 1 aromatic rings. The number of halogens is 3. The highest BCUT2D eigenvalue weighted by atomic mass is 19.4. The van der Waals surface area contributed by atoms with Crippen molar-refractivity contribution in [3.63, 3.8) is 0 Å². The van der Waals surface area contributed by atoms with Crippen LogP contribution in [-0.4, -0.2) is 24.7 Å². The fraction of sp³-hybridized carbons (Fsp3) is 0.588. The number of hydrogen-bond acceptors (Lipinski definition) is 3. The van der Waals surface area contributed by atoms with Gasteiger partial charge in [0.1, 0.15) is 11.4 Å². The Hall–Kier alpha value is -1.76. The van der Waals surface area contributed by atoms with Crippen molar-refractivity contribution < 1.29 is 27.4 Å². The van der Waals surface area contributed by atoms with Gasteiger partial charge in [0.2, 0.25) is 0 Å². The molecular formula is C17H22F3NO3. The van der Waals surface area contributed by atoms with E-state index in [0.29, 0.717) is 19.4 Å². The van der Waals surface area contributed by atoms with Crippen LogP contribution in [0.1, 0.15) is 45.1 Å². The van der Waals surface area contributed by atoms with Crippen molar-refractivity contribution in [1.29, 1.82) is 0 Å². The molecule has 0 atom stereocenters. The smallest absolute Gasteiger partial charge is 0.420 e. The van der Waals surface area contributed by atoms with Gasteiger partial charge in [-0.15, -0.1) is 0 Å². The lowest BCUT2D eigenvalue weighted by Crippen LogP contribution is -2.43. The minimum atomic E-state index is -4.56. The molecule has 1 saturated carbocycles. The number of benzene rings is 1. The van der Waals surface area contributed by atoms with Crippen LogP contribution in [0.3, 0.4) is 0 Å². The minimum absolute atomic E-state index is 0.0850. The number of nitrogens with one attached hydrogen (secondary N) is 1. The number of carbonyl (C=O) groups excluding carboxylic acids is 1. The third kappa shape index (κ3) is 4.01. The summed E-state index contributed by atoms with van der Waals surface area (Å²) in [5, 5.41) is 2.57. The van der Waals surface area contributed by atoms with Crippen LogP contribution in [0.2, 0.25) is 0 Å². The predicted molar refractivity (Wildman–Crippen MR) is 84.1 cm³/mol. The van der Waals surface area contributed by atoms with Gasteiger partial charge in [0.05, 0.1) is 12.2 Å². The fourth-order valence-corrected chi connectivity index (χ4v) is 3.01. The third-order valence-corrected chi connectivity index (χ3v) is 4.09. The van der Waals surface area contributed by atoms with E-state index < -0.39 is 17.3 Å². The van der Waals surface area contributed by atoms with Crippen LogP contribution in [0.4, 0.5) is 18.9 Å². The van der Waals surface area contributed by atoms with E-state index in [2.05, 4.69) is 5.32 Å². The molecule has 0 heterocycles. The molecule has 7 heteroatoms. The van der Waals surface area contributed by atoms with Gasteiger partial charge < -0.3 is 14.8 Å². The van der Waals surface area contributed by atoms with Crippen LogP contribution in [0.15, 0.2) is 18.2 Å². The van der Waals surface area contributed by atoms with E-state index in [1.54, 1.807) is 13.8 Å². The summed E-state index contributed by atoms with van der Waals surface area (Å²) in [7, 11) is 0. The second-order valence-corrected chi connectivity index (χ2v) is 5.73. The van der Waals surface area contributed by atoms with Gasteiger partial charge in [-0.3, -0.25) is 4.79 Å². The molecule has 0 saturated heterocycles. The van der Waals surface area contributed by atoms with Crippen molar-refractivity contribution in [2.75, 3.05) is 18.5 Å². The standard InChI is InChI=1S/C17H22F3NO3/c1-3-23-14-8-7-12(11-13(14)17(18,19)20)21-15(22)16(24-4-2)9-5-6-10-16/h7-8,11H,3-6,9-10H2,1-2H3,(H,21,22). The fourth-order valence-electron chi connectivity index (χ4n) is 3.01. The maximum absolute atomic E-state index is 13.2. The quantitative estimate of drug-likeness (QED) is 0.832. The molecule has 1 aromatic carbocycles. The van der Waals surface area contributed by atoms with Crippen LogP contribution < -0.4 is 10.1 Å². The van der Waals surface area contributed by atoms with E-state index >= 15 is 0 Å². The molecule has 24 heavy (non-hydrogen) atoms. The lowest BCUT2D eigenvalue weighted by Gasteiger charge is -2.27. The number of anilines is 1. The van der Waals surface area contributed by atoms with E-state index in [1.807, 2.05) is 0 Å². The SMILES string of the molecule is CCOc1ccc(NC(=O)C2(OCC)CCCC2)cc1C(F)(F)F. The summed E-state index contributed by atoms with van der Waals surface area (Å²) in [4.78, 5) is 12.5. The van der Waals surface area contributed by atoms with E-state index in [1.165, 1.54) is 12.1 Å². The summed E-state index contributed by atoms with van der Waals surface area (Å²) in [6.45, 7) is 3.92. The molecule has 1 aliphatic carbocycles. The molecular weight excluding hydrogens is 323 g/mol. The molecule has 0 aromatic heterocycles. The maximum Gasteiger partial charge on any atom is 0.420 e. The van der Waals surface area contributed by atoms with Crippen molar-refractivity contribution in [3.05, 3.63) is 23.8 Å². The van der Waals surface area contributed by atoms with Gasteiger partial charge >= 0.3 is 6.18 Å². The third-order valence-electron chi connectivity index (χ3n) is 4.09. The molecule has 134 valence electrons. The van der Waals surface area contributed by atoms with Crippen molar-refractivity contribution >= 4 is 11.6 Å². The molecule has 4 nitrogen and oxygen atoms in total. The van der Waals surface area contributed by atoms with Crippen LogP contribution >= 0.6 is 0 Å². The summed E-state index contributed by atoms with van der Waals surface area (Å²) in [6, 6.07) is 3.54. The van der Waals surface area contributed by atoms with Gasteiger partial charge in [0.25, 0.3) is 5.91 Å². The summed E-state index contributed by atoms with van der Waals surface area (Å²) in [5.41, 5.74) is -1.76. The Balaban J connectivity index is 2.24. The average molecular weight is 345 g/mol. The molecule has 2 rings (SSSR count). The Morgan fingerprint density at radius 2 is 1.88 bits per heavy atom. The Kier molecular flexibility index (Phi) is 5.74. The van der Waals surface area contributed by atoms with Gasteiger partial charge in [0.15, 0.2) is 0 Å². The van der Waals surface area contributed by atoms with Crippen LogP contribution in [0.5, 0.6) is 5.75 Å². The Morgan fingerprint density at radius 3 is 2.42 bits per heavy atom. The summed E-state index contributed by atoms with van der Waals surface area (Å²) < 4.78 is 50.2. The Labute approximate surface area is 139 Å². The van der Waals surface area contributed by atoms with Crippen LogP contribution in [-0.2, 0) is 15.7 Å². The molecule has 0 unspecified atom stereocenters. The maximum atomic E-state index is 13.2. The van der Waals surface area contributed by atoms with Crippen molar-refractivity contribution in [3.8, 4) is 5.75 Å². The molecule has 0 bridgehead atoms. The summed E-state index contributed by atoms with van der Waals surface area (Å²) in [5.74, 6) is -0.637. The van der Waals surface area contributed by atoms with Crippen LogP contribution in [0.25, 0.3) is 0 Å². The number of amides is 1. The predicted octanol–water partition coefficient (Wildman–Crippen LogP) is 4.39. The van der Waals surface area contributed by atoms with Crippen LogP contribution in [0, 0.1) is 0 Å². The van der Waals surface area contributed by atoms with Gasteiger partial charge in [0, 0.05) is 12.3 Å². The van der Waals surface area contributed by atoms with Crippen molar-refractivity contribution in [1.82, 2.24) is 0 Å². The van der Waals surface area contributed by atoms with Gasteiger partial charge in [-0.1, -0.05) is 0 Å². The lowest BCUT2D eigenvalue weighted by molar-refractivity contribution is -0.140. The molecule has 1 amide bonds. The zero-order valence-electron chi connectivity index (χ0n) is 13.8. The van der Waals surface area contributed by atoms with E-state index in [4.69, 9.17) is 9.47 Å². The molecule has 0 radical (unpaired) electrons. The largest absolute Gasteiger partial charge is 0.493 e. The van der Waals surface area contributed by atoms with Gasteiger partial charge in [-0.2, -0.15) is 13.2 Å². The monoisotopic (exact) mass is 345 g/mol. The minimum Gasteiger partial charge on any atom is -0.493 e. The molecule has 1 aliphatic rings. The first-order valence-electron chi connectivity index (χ1n) is 8.12. The zero-order valence-corrected chi connectivity index (χ0v) is 13.8. The number of hydrogen-bond donors (Lipinski definition) is 1. The number of alkyl halides is 3. The summed E-state index contributed by atoms with van der Waals surface area (Å²) >= 11 is 0. The normalized spacial score (nSPS) is 16.9. The second-order valence-electron chi connectivity index (χ2n) is 5.73. The van der Waals surface area contributed by atoms with Gasteiger partial charge in [-0.05, 0) is 57.7 Å². The molecule has 0 aliphatic heterocycles. The average Bonchev–Trinajstić information content (AvgIpc) is 2.98. The van der Waals surface area contributed by atoms with E-state index in [0.717, 1.165) is 18.9 Å². The van der Waals surface area contributed by atoms with E-state index in [-0.39, 0.29) is 24.0 Å². The highest BCUT2D eigenvalue weighted by Crippen LogP contribution is 2.39. The molecule has 1 fully saturated rings. The first-order valence-corrected chi connectivity index (χ1v) is 8.12.